The number of amides is 2. The predicted octanol–water partition coefficient (Wildman–Crippen LogP) is 3.22. The van der Waals surface area contributed by atoms with Gasteiger partial charge in [0.25, 0.3) is 0 Å². The van der Waals surface area contributed by atoms with Crippen molar-refractivity contribution in [2.45, 2.75) is 25.5 Å². The lowest BCUT2D eigenvalue weighted by Crippen LogP contribution is -2.44. The maximum absolute atomic E-state index is 12.7. The number of aliphatic hydroxyl groups is 1. The van der Waals surface area contributed by atoms with Gasteiger partial charge in [-0.3, -0.25) is 9.69 Å². The molecular weight excluding hydrogens is 356 g/mol. The highest BCUT2D eigenvalue weighted by atomic mass is 35.5. The van der Waals surface area contributed by atoms with Gasteiger partial charge in [-0.1, -0.05) is 41.9 Å². The number of likely N-dealkylation sites (tertiary alicyclic amines) is 1. The molecule has 2 aromatic carbocycles. The molecule has 1 heterocycles. The quantitative estimate of drug-likeness (QED) is 0.864. The van der Waals surface area contributed by atoms with E-state index in [0.29, 0.717) is 16.5 Å². The largest absolute Gasteiger partial charge is 0.416 e. The maximum atomic E-state index is 12.7. The Bertz CT molecular complexity index is 812. The van der Waals surface area contributed by atoms with Gasteiger partial charge in [-0.05, 0) is 30.7 Å². The summed E-state index contributed by atoms with van der Waals surface area (Å²) in [6.07, 6.45) is -1.33. The van der Waals surface area contributed by atoms with Gasteiger partial charge < -0.3 is 15.2 Å². The third kappa shape index (κ3) is 3.98. The fraction of sp³-hybridized carbons (Fsp3) is 0.263. The minimum atomic E-state index is -0.835. The van der Waals surface area contributed by atoms with Crippen LogP contribution in [0.2, 0.25) is 5.02 Å². The molecule has 136 valence electrons. The monoisotopic (exact) mass is 374 g/mol. The number of rotatable bonds is 3. The van der Waals surface area contributed by atoms with Crippen molar-refractivity contribution in [1.82, 2.24) is 4.90 Å². The minimum Gasteiger partial charge on any atom is -0.410 e. The van der Waals surface area contributed by atoms with E-state index in [0.717, 1.165) is 5.56 Å². The average Bonchev–Trinajstić information content (AvgIpc) is 3.02. The Hall–Kier alpha value is -2.57. The molecule has 1 aliphatic rings. The van der Waals surface area contributed by atoms with E-state index in [1.807, 2.05) is 13.0 Å². The highest BCUT2D eigenvalue weighted by Crippen LogP contribution is 2.27. The Labute approximate surface area is 156 Å². The number of nitrogens with one attached hydrogen (secondary N) is 1. The number of ether oxygens (including phenoxy) is 1. The molecule has 2 aromatic rings. The lowest BCUT2D eigenvalue weighted by molar-refractivity contribution is -0.119. The van der Waals surface area contributed by atoms with Crippen molar-refractivity contribution in [2.24, 2.45) is 0 Å². The van der Waals surface area contributed by atoms with E-state index < -0.39 is 24.1 Å². The van der Waals surface area contributed by atoms with E-state index in [9.17, 15) is 14.7 Å². The van der Waals surface area contributed by atoms with Crippen molar-refractivity contribution in [1.29, 1.82) is 0 Å². The number of anilines is 1. The number of nitrogens with zero attached hydrogens (tertiary/aromatic N) is 1. The van der Waals surface area contributed by atoms with Crippen LogP contribution < -0.4 is 10.1 Å². The van der Waals surface area contributed by atoms with Crippen LogP contribution in [0.15, 0.2) is 48.5 Å². The Balaban J connectivity index is 1.73. The van der Waals surface area contributed by atoms with Crippen LogP contribution >= 0.6 is 11.6 Å². The van der Waals surface area contributed by atoms with Crippen molar-refractivity contribution in [3.63, 3.8) is 0 Å². The Morgan fingerprint density at radius 1 is 1.19 bits per heavy atom. The molecule has 7 heteroatoms. The van der Waals surface area contributed by atoms with E-state index in [1.165, 1.54) is 4.90 Å². The van der Waals surface area contributed by atoms with Crippen LogP contribution in [0, 0.1) is 6.92 Å². The van der Waals surface area contributed by atoms with Crippen molar-refractivity contribution >= 4 is 29.3 Å². The van der Waals surface area contributed by atoms with E-state index in [-0.39, 0.29) is 13.0 Å². The van der Waals surface area contributed by atoms with Crippen molar-refractivity contribution in [3.05, 3.63) is 59.1 Å². The Kier molecular flexibility index (Phi) is 5.44. The molecule has 2 amide bonds. The Morgan fingerprint density at radius 3 is 2.65 bits per heavy atom. The molecule has 2 atom stereocenters. The summed E-state index contributed by atoms with van der Waals surface area (Å²) in [5.74, 6) is -0.0427. The summed E-state index contributed by atoms with van der Waals surface area (Å²) < 4.78 is 5.29. The first-order chi connectivity index (χ1) is 12.5. The standard InChI is InChI=1S/C19H19ClN2O4/c1-12-6-5-9-15(17(12)20)21-18(24)16-10-13(23)11-22(16)19(25)26-14-7-3-2-4-8-14/h2-9,13,16,23H,10-11H2,1H3,(H,21,24)/t13-,16+/m0/s1. The van der Waals surface area contributed by atoms with E-state index in [2.05, 4.69) is 5.32 Å². The molecular formula is C19H19ClN2O4. The fourth-order valence-electron chi connectivity index (χ4n) is 2.87. The molecule has 1 aliphatic heterocycles. The zero-order valence-corrected chi connectivity index (χ0v) is 14.9. The number of carbonyl (C=O) groups is 2. The first kappa shape index (κ1) is 18.2. The number of para-hydroxylation sites is 1. The summed E-state index contributed by atoms with van der Waals surface area (Å²) >= 11 is 6.21. The van der Waals surface area contributed by atoms with Gasteiger partial charge >= 0.3 is 6.09 Å². The zero-order valence-electron chi connectivity index (χ0n) is 14.2. The highest BCUT2D eigenvalue weighted by Gasteiger charge is 2.40. The second-order valence-electron chi connectivity index (χ2n) is 6.16. The molecule has 0 spiro atoms. The number of hydrogen-bond acceptors (Lipinski definition) is 4. The zero-order chi connectivity index (χ0) is 18.7. The molecule has 0 aliphatic carbocycles. The smallest absolute Gasteiger partial charge is 0.410 e. The molecule has 2 N–H and O–H groups in total. The number of aryl methyl sites for hydroxylation is 1. The second-order valence-corrected chi connectivity index (χ2v) is 6.54. The van der Waals surface area contributed by atoms with Crippen LogP contribution in [0.25, 0.3) is 0 Å². The first-order valence-corrected chi connectivity index (χ1v) is 8.61. The predicted molar refractivity (Wildman–Crippen MR) is 98.4 cm³/mol. The molecule has 3 rings (SSSR count). The van der Waals surface area contributed by atoms with Crippen molar-refractivity contribution < 1.29 is 19.4 Å². The summed E-state index contributed by atoms with van der Waals surface area (Å²) in [7, 11) is 0. The summed E-state index contributed by atoms with van der Waals surface area (Å²) in [5.41, 5.74) is 1.30. The normalized spacial score (nSPS) is 19.3. The number of benzene rings is 2. The van der Waals surface area contributed by atoms with E-state index in [1.54, 1.807) is 42.5 Å². The number of carbonyl (C=O) groups excluding carboxylic acids is 2. The lowest BCUT2D eigenvalue weighted by Gasteiger charge is -2.23. The van der Waals surface area contributed by atoms with Crippen molar-refractivity contribution in [2.75, 3.05) is 11.9 Å². The van der Waals surface area contributed by atoms with Crippen LogP contribution in [-0.2, 0) is 4.79 Å². The third-order valence-electron chi connectivity index (χ3n) is 4.21. The second kappa shape index (κ2) is 7.76. The number of aliphatic hydroxyl groups excluding tert-OH is 1. The van der Waals surface area contributed by atoms with Gasteiger partial charge in [-0.15, -0.1) is 0 Å². The Morgan fingerprint density at radius 2 is 1.92 bits per heavy atom. The fourth-order valence-corrected chi connectivity index (χ4v) is 3.05. The van der Waals surface area contributed by atoms with Crippen LogP contribution in [0.3, 0.4) is 0 Å². The molecule has 0 radical (unpaired) electrons. The van der Waals surface area contributed by atoms with Gasteiger partial charge in [0.1, 0.15) is 11.8 Å². The highest BCUT2D eigenvalue weighted by molar-refractivity contribution is 6.34. The van der Waals surface area contributed by atoms with Gasteiger partial charge in [-0.25, -0.2) is 4.79 Å². The van der Waals surface area contributed by atoms with Crippen LogP contribution in [0.1, 0.15) is 12.0 Å². The molecule has 6 nitrogen and oxygen atoms in total. The summed E-state index contributed by atoms with van der Waals surface area (Å²) in [6, 6.07) is 13.0. The van der Waals surface area contributed by atoms with Crippen LogP contribution in [0.5, 0.6) is 5.75 Å². The topological polar surface area (TPSA) is 78.9 Å². The lowest BCUT2D eigenvalue weighted by atomic mass is 10.1. The molecule has 0 bridgehead atoms. The van der Waals surface area contributed by atoms with Crippen molar-refractivity contribution in [3.8, 4) is 5.75 Å². The minimum absolute atomic E-state index is 0.0330. The van der Waals surface area contributed by atoms with E-state index in [4.69, 9.17) is 16.3 Å². The molecule has 26 heavy (non-hydrogen) atoms. The molecule has 0 aromatic heterocycles. The third-order valence-corrected chi connectivity index (χ3v) is 4.72. The summed E-state index contributed by atoms with van der Waals surface area (Å²) in [5, 5.41) is 13.1. The van der Waals surface area contributed by atoms with Crippen LogP contribution in [-0.4, -0.2) is 40.7 Å². The van der Waals surface area contributed by atoms with Gasteiger partial charge in [0.2, 0.25) is 5.91 Å². The molecule has 0 saturated carbocycles. The van der Waals surface area contributed by atoms with Gasteiger partial charge in [0, 0.05) is 6.42 Å². The number of β-amino-alcohol motifs (C(OH)–C–C–N with tert-alkyl or cyclic N) is 1. The number of halogens is 1. The first-order valence-electron chi connectivity index (χ1n) is 8.23. The molecule has 1 saturated heterocycles. The molecule has 0 unspecified atom stereocenters. The SMILES string of the molecule is Cc1cccc(NC(=O)[C@H]2C[C@H](O)CN2C(=O)Oc2ccccc2)c1Cl. The summed E-state index contributed by atoms with van der Waals surface area (Å²) in [4.78, 5) is 26.3. The van der Waals surface area contributed by atoms with Crippen LogP contribution in [0.4, 0.5) is 10.5 Å². The summed E-state index contributed by atoms with van der Waals surface area (Å²) in [6.45, 7) is 1.87. The average molecular weight is 375 g/mol. The maximum Gasteiger partial charge on any atom is 0.416 e. The van der Waals surface area contributed by atoms with E-state index >= 15 is 0 Å². The van der Waals surface area contributed by atoms with Gasteiger partial charge in [-0.2, -0.15) is 0 Å². The number of hydrogen-bond donors (Lipinski definition) is 2. The van der Waals surface area contributed by atoms with Gasteiger partial charge in [0.15, 0.2) is 0 Å². The van der Waals surface area contributed by atoms with Gasteiger partial charge in [0.05, 0.1) is 23.4 Å². The molecule has 1 fully saturated rings.